The van der Waals surface area contributed by atoms with Crippen LogP contribution in [-0.4, -0.2) is 0 Å². The Morgan fingerprint density at radius 2 is 1.67 bits per heavy atom. The van der Waals surface area contributed by atoms with Crippen molar-refractivity contribution in [2.45, 2.75) is 20.8 Å². The first kappa shape index (κ1) is 12.4. The van der Waals surface area contributed by atoms with Crippen LogP contribution in [0.25, 0.3) is 0 Å². The molecule has 2 aromatic rings. The van der Waals surface area contributed by atoms with Gasteiger partial charge in [0, 0.05) is 5.69 Å². The van der Waals surface area contributed by atoms with Gasteiger partial charge in [0.15, 0.2) is 0 Å². The number of nitrogens with two attached hydrogens (primary N) is 1. The third-order valence-electron chi connectivity index (χ3n) is 3.34. The smallest absolute Gasteiger partial charge is 0.125 e. The van der Waals surface area contributed by atoms with Crippen LogP contribution in [0.4, 0.5) is 21.5 Å². The van der Waals surface area contributed by atoms with Gasteiger partial charge in [-0.1, -0.05) is 6.07 Å². The zero-order valence-electron chi connectivity index (χ0n) is 10.8. The summed E-state index contributed by atoms with van der Waals surface area (Å²) in [6.07, 6.45) is 0. The van der Waals surface area contributed by atoms with Crippen LogP contribution in [0.1, 0.15) is 16.7 Å². The van der Waals surface area contributed by atoms with Gasteiger partial charge < -0.3 is 11.1 Å². The second kappa shape index (κ2) is 4.69. The molecule has 2 rings (SSSR count). The largest absolute Gasteiger partial charge is 0.397 e. The quantitative estimate of drug-likeness (QED) is 0.781. The van der Waals surface area contributed by atoms with Crippen LogP contribution in [0.2, 0.25) is 0 Å². The number of hydrogen-bond donors (Lipinski definition) is 2. The van der Waals surface area contributed by atoms with Gasteiger partial charge in [0.2, 0.25) is 0 Å². The summed E-state index contributed by atoms with van der Waals surface area (Å²) in [6, 6.07) is 8.36. The summed E-state index contributed by atoms with van der Waals surface area (Å²) in [7, 11) is 0. The molecule has 0 fully saturated rings. The molecule has 3 N–H and O–H groups in total. The fraction of sp³-hybridized carbons (Fsp3) is 0.200. The van der Waals surface area contributed by atoms with E-state index in [0.717, 1.165) is 11.3 Å². The van der Waals surface area contributed by atoms with Crippen LogP contribution in [0.5, 0.6) is 0 Å². The molecule has 18 heavy (non-hydrogen) atoms. The van der Waals surface area contributed by atoms with Gasteiger partial charge in [0.05, 0.1) is 11.4 Å². The van der Waals surface area contributed by atoms with Crippen LogP contribution in [0, 0.1) is 26.6 Å². The molecule has 0 saturated carbocycles. The maximum absolute atomic E-state index is 13.2. The molecule has 0 aliphatic heterocycles. The van der Waals surface area contributed by atoms with E-state index in [1.807, 2.05) is 19.1 Å². The highest BCUT2D eigenvalue weighted by Gasteiger charge is 2.06. The lowest BCUT2D eigenvalue weighted by Crippen LogP contribution is -2.00. The standard InChI is InChI=1S/C15H17FN2/c1-9-4-7-14(11(3)10(9)2)18-15-8-12(16)5-6-13(15)17/h4-8,18H,17H2,1-3H3. The lowest BCUT2D eigenvalue weighted by Gasteiger charge is -2.14. The monoisotopic (exact) mass is 244 g/mol. The van der Waals surface area contributed by atoms with Crippen molar-refractivity contribution in [1.29, 1.82) is 0 Å². The number of aryl methyl sites for hydroxylation is 1. The highest BCUT2D eigenvalue weighted by atomic mass is 19.1. The molecule has 94 valence electrons. The van der Waals surface area contributed by atoms with Crippen LogP contribution >= 0.6 is 0 Å². The van der Waals surface area contributed by atoms with E-state index in [-0.39, 0.29) is 5.82 Å². The van der Waals surface area contributed by atoms with Gasteiger partial charge in [0.1, 0.15) is 5.82 Å². The third kappa shape index (κ3) is 2.30. The minimum Gasteiger partial charge on any atom is -0.397 e. The average molecular weight is 244 g/mol. The predicted octanol–water partition coefficient (Wildman–Crippen LogP) is 4.08. The molecule has 2 aromatic carbocycles. The maximum atomic E-state index is 13.2. The van der Waals surface area contributed by atoms with Crippen molar-refractivity contribution >= 4 is 17.1 Å². The van der Waals surface area contributed by atoms with E-state index in [9.17, 15) is 4.39 Å². The molecule has 0 aromatic heterocycles. The Hall–Kier alpha value is -2.03. The van der Waals surface area contributed by atoms with Gasteiger partial charge in [-0.05, 0) is 61.7 Å². The van der Waals surface area contributed by atoms with Crippen molar-refractivity contribution in [3.63, 3.8) is 0 Å². The summed E-state index contributed by atoms with van der Waals surface area (Å²) >= 11 is 0. The highest BCUT2D eigenvalue weighted by molar-refractivity contribution is 5.74. The first-order chi connectivity index (χ1) is 8.49. The fourth-order valence-corrected chi connectivity index (χ4v) is 1.87. The molecule has 0 amide bonds. The molecule has 0 unspecified atom stereocenters. The molecule has 0 aliphatic rings. The van der Waals surface area contributed by atoms with Crippen LogP contribution in [0.15, 0.2) is 30.3 Å². The second-order valence-electron chi connectivity index (χ2n) is 4.54. The zero-order valence-corrected chi connectivity index (χ0v) is 10.8. The second-order valence-corrected chi connectivity index (χ2v) is 4.54. The number of hydrogen-bond acceptors (Lipinski definition) is 2. The fourth-order valence-electron chi connectivity index (χ4n) is 1.87. The maximum Gasteiger partial charge on any atom is 0.125 e. The van der Waals surface area contributed by atoms with Crippen LogP contribution in [0.3, 0.4) is 0 Å². The minimum absolute atomic E-state index is 0.298. The van der Waals surface area contributed by atoms with E-state index >= 15 is 0 Å². The van der Waals surface area contributed by atoms with Crippen molar-refractivity contribution in [1.82, 2.24) is 0 Å². The number of benzene rings is 2. The lowest BCUT2D eigenvalue weighted by atomic mass is 10.0. The van der Waals surface area contributed by atoms with E-state index < -0.39 is 0 Å². The van der Waals surface area contributed by atoms with Crippen LogP contribution in [-0.2, 0) is 0 Å². The summed E-state index contributed by atoms with van der Waals surface area (Å²) in [5.74, 6) is -0.298. The molecular formula is C15H17FN2. The Kier molecular flexibility index (Phi) is 3.24. The Morgan fingerprint density at radius 3 is 2.39 bits per heavy atom. The number of rotatable bonds is 2. The van der Waals surface area contributed by atoms with Gasteiger partial charge in [0.25, 0.3) is 0 Å². The number of nitrogen functional groups attached to an aromatic ring is 1. The molecule has 0 radical (unpaired) electrons. The topological polar surface area (TPSA) is 38.0 Å². The van der Waals surface area contributed by atoms with E-state index in [0.29, 0.717) is 11.4 Å². The van der Waals surface area contributed by atoms with Gasteiger partial charge >= 0.3 is 0 Å². The highest BCUT2D eigenvalue weighted by Crippen LogP contribution is 2.28. The molecule has 0 spiro atoms. The van der Waals surface area contributed by atoms with Gasteiger partial charge in [-0.2, -0.15) is 0 Å². The van der Waals surface area contributed by atoms with E-state index in [4.69, 9.17) is 5.73 Å². The number of anilines is 3. The lowest BCUT2D eigenvalue weighted by molar-refractivity contribution is 0.628. The molecule has 0 heterocycles. The average Bonchev–Trinajstić information content (AvgIpc) is 2.34. The third-order valence-corrected chi connectivity index (χ3v) is 3.34. The Bertz CT molecular complexity index is 591. The summed E-state index contributed by atoms with van der Waals surface area (Å²) in [5, 5.41) is 3.18. The van der Waals surface area contributed by atoms with Crippen molar-refractivity contribution < 1.29 is 4.39 Å². The molecule has 2 nitrogen and oxygen atoms in total. The summed E-state index contributed by atoms with van der Waals surface area (Å²) in [4.78, 5) is 0. The summed E-state index contributed by atoms with van der Waals surface area (Å²) in [6.45, 7) is 6.19. The van der Waals surface area contributed by atoms with Crippen molar-refractivity contribution in [2.75, 3.05) is 11.1 Å². The predicted molar refractivity (Wildman–Crippen MR) is 74.7 cm³/mol. The first-order valence-electron chi connectivity index (χ1n) is 5.88. The zero-order chi connectivity index (χ0) is 13.3. The van der Waals surface area contributed by atoms with Gasteiger partial charge in [-0.25, -0.2) is 4.39 Å². The SMILES string of the molecule is Cc1ccc(Nc2cc(F)ccc2N)c(C)c1C. The Balaban J connectivity index is 2.40. The molecule has 0 aliphatic carbocycles. The first-order valence-corrected chi connectivity index (χ1v) is 5.88. The van der Waals surface area contributed by atoms with Crippen molar-refractivity contribution in [3.05, 3.63) is 52.8 Å². The van der Waals surface area contributed by atoms with Gasteiger partial charge in [-0.15, -0.1) is 0 Å². The van der Waals surface area contributed by atoms with Crippen molar-refractivity contribution in [3.8, 4) is 0 Å². The van der Waals surface area contributed by atoms with E-state index in [1.165, 1.54) is 23.3 Å². The van der Waals surface area contributed by atoms with Gasteiger partial charge in [-0.3, -0.25) is 0 Å². The summed E-state index contributed by atoms with van der Waals surface area (Å²) < 4.78 is 13.2. The summed E-state index contributed by atoms with van der Waals surface area (Å²) in [5.41, 5.74) is 11.5. The van der Waals surface area contributed by atoms with E-state index in [2.05, 4.69) is 19.2 Å². The number of halogens is 1. The molecular weight excluding hydrogens is 227 g/mol. The molecule has 0 bridgehead atoms. The van der Waals surface area contributed by atoms with Crippen LogP contribution < -0.4 is 11.1 Å². The molecule has 3 heteroatoms. The Labute approximate surface area is 107 Å². The molecule has 0 saturated heterocycles. The number of nitrogens with one attached hydrogen (secondary N) is 1. The van der Waals surface area contributed by atoms with Crippen molar-refractivity contribution in [2.24, 2.45) is 0 Å². The Morgan fingerprint density at radius 1 is 0.944 bits per heavy atom. The minimum atomic E-state index is -0.298. The van der Waals surface area contributed by atoms with E-state index in [1.54, 1.807) is 6.07 Å². The molecule has 0 atom stereocenters. The normalized spacial score (nSPS) is 10.4.